The number of carboxylic acids is 1. The monoisotopic (exact) mass is 307 g/mol. The van der Waals surface area contributed by atoms with E-state index < -0.39 is 11.9 Å². The molecule has 0 aliphatic rings. The van der Waals surface area contributed by atoms with Crippen molar-refractivity contribution in [3.05, 3.63) is 0 Å². The molecular formula is C14H29NO6. The summed E-state index contributed by atoms with van der Waals surface area (Å²) in [6, 6.07) is 0. The summed E-state index contributed by atoms with van der Waals surface area (Å²) in [4.78, 5) is 23.9. The number of amides is 1. The maximum atomic E-state index is 9.86. The van der Waals surface area contributed by atoms with Crippen LogP contribution in [0.25, 0.3) is 0 Å². The number of hydrogen-bond donors (Lipinski definition) is 3. The summed E-state index contributed by atoms with van der Waals surface area (Å²) in [5.41, 5.74) is 4.64. The van der Waals surface area contributed by atoms with E-state index in [1.54, 1.807) is 0 Å². The van der Waals surface area contributed by atoms with Crippen molar-refractivity contribution >= 4 is 11.9 Å². The van der Waals surface area contributed by atoms with Gasteiger partial charge in [0.1, 0.15) is 0 Å². The fraction of sp³-hybridized carbons (Fsp3) is 0.857. The van der Waals surface area contributed by atoms with Gasteiger partial charge < -0.3 is 10.8 Å². The van der Waals surface area contributed by atoms with Crippen LogP contribution >= 0.6 is 0 Å². The minimum Gasteiger partial charge on any atom is -0.481 e. The van der Waals surface area contributed by atoms with Gasteiger partial charge in [0.15, 0.2) is 0 Å². The quantitative estimate of drug-likeness (QED) is 0.273. The third-order valence-corrected chi connectivity index (χ3v) is 2.72. The second-order valence-electron chi connectivity index (χ2n) is 4.73. The fourth-order valence-electron chi connectivity index (χ4n) is 1.56. The van der Waals surface area contributed by atoms with E-state index in [0.29, 0.717) is 6.61 Å². The number of rotatable bonds is 13. The van der Waals surface area contributed by atoms with Crippen molar-refractivity contribution in [2.75, 3.05) is 6.61 Å². The van der Waals surface area contributed by atoms with Gasteiger partial charge in [-0.15, -0.1) is 0 Å². The van der Waals surface area contributed by atoms with Crippen LogP contribution in [0, 0.1) is 0 Å². The number of carbonyl (C=O) groups excluding carboxylic acids is 1. The minimum absolute atomic E-state index is 0.0741. The van der Waals surface area contributed by atoms with Gasteiger partial charge in [-0.2, -0.15) is 0 Å². The number of unbranched alkanes of at least 4 members (excludes halogenated alkanes) is 7. The Morgan fingerprint density at radius 3 is 1.86 bits per heavy atom. The zero-order valence-corrected chi connectivity index (χ0v) is 12.9. The van der Waals surface area contributed by atoms with Crippen LogP contribution in [0.3, 0.4) is 0 Å². The minimum atomic E-state index is -0.996. The normalized spacial score (nSPS) is 9.81. The van der Waals surface area contributed by atoms with Gasteiger partial charge in [0.25, 0.3) is 0 Å². The molecule has 0 aromatic carbocycles. The van der Waals surface area contributed by atoms with Crippen molar-refractivity contribution < 1.29 is 29.9 Å². The number of primary amides is 1. The summed E-state index contributed by atoms with van der Waals surface area (Å²) in [6.07, 6.45) is 9.86. The summed E-state index contributed by atoms with van der Waals surface area (Å²) >= 11 is 0. The van der Waals surface area contributed by atoms with Crippen molar-refractivity contribution in [1.29, 1.82) is 0 Å². The Morgan fingerprint density at radius 1 is 0.952 bits per heavy atom. The highest BCUT2D eigenvalue weighted by Crippen LogP contribution is 2.08. The van der Waals surface area contributed by atoms with Crippen molar-refractivity contribution in [3.63, 3.8) is 0 Å². The molecule has 0 heterocycles. The van der Waals surface area contributed by atoms with Gasteiger partial charge in [0.2, 0.25) is 5.91 Å². The molecule has 0 spiro atoms. The third-order valence-electron chi connectivity index (χ3n) is 2.72. The summed E-state index contributed by atoms with van der Waals surface area (Å²) in [6.45, 7) is 2.72. The average molecular weight is 307 g/mol. The topological polar surface area (TPSA) is 119 Å². The van der Waals surface area contributed by atoms with E-state index in [2.05, 4.69) is 22.6 Å². The van der Waals surface area contributed by atoms with E-state index in [1.807, 2.05) is 0 Å². The second-order valence-corrected chi connectivity index (χ2v) is 4.73. The Bertz CT molecular complexity index is 224. The number of aliphatic carboxylic acids is 1. The Kier molecular flexibility index (Phi) is 19.8. The summed E-state index contributed by atoms with van der Waals surface area (Å²) in [5, 5.41) is 19.3. The van der Waals surface area contributed by atoms with Gasteiger partial charge in [-0.05, 0) is 6.42 Å². The molecule has 7 nitrogen and oxygen atoms in total. The number of carbonyl (C=O) groups is 2. The smallest absolute Gasteiger partial charge is 0.303 e. The Morgan fingerprint density at radius 2 is 1.48 bits per heavy atom. The molecule has 4 N–H and O–H groups in total. The molecule has 0 rings (SSSR count). The van der Waals surface area contributed by atoms with Crippen LogP contribution < -0.4 is 5.73 Å². The molecule has 21 heavy (non-hydrogen) atoms. The first-order chi connectivity index (χ1) is 10.0. The molecule has 126 valence electrons. The fourth-order valence-corrected chi connectivity index (χ4v) is 1.56. The Balaban J connectivity index is 0. The van der Waals surface area contributed by atoms with Crippen molar-refractivity contribution in [2.45, 2.75) is 71.1 Å². The van der Waals surface area contributed by atoms with Crippen molar-refractivity contribution in [3.8, 4) is 0 Å². The van der Waals surface area contributed by atoms with Crippen LogP contribution in [-0.4, -0.2) is 28.8 Å². The molecular weight excluding hydrogens is 278 g/mol. The average Bonchev–Trinajstić information content (AvgIpc) is 2.44. The maximum absolute atomic E-state index is 9.86. The molecule has 0 aromatic heterocycles. The van der Waals surface area contributed by atoms with E-state index in [1.165, 1.54) is 38.5 Å². The van der Waals surface area contributed by atoms with Crippen LogP contribution in [0.15, 0.2) is 0 Å². The lowest BCUT2D eigenvalue weighted by Crippen LogP contribution is -2.12. The molecule has 0 bridgehead atoms. The highest BCUT2D eigenvalue weighted by Gasteiger charge is 1.98. The Hall–Kier alpha value is -1.18. The predicted molar refractivity (Wildman–Crippen MR) is 78.3 cm³/mol. The van der Waals surface area contributed by atoms with Gasteiger partial charge in [0, 0.05) is 6.42 Å². The van der Waals surface area contributed by atoms with Gasteiger partial charge in [-0.1, -0.05) is 56.9 Å². The predicted octanol–water partition coefficient (Wildman–Crippen LogP) is 2.88. The molecule has 0 aliphatic heterocycles. The molecule has 7 heteroatoms. The van der Waals surface area contributed by atoms with Crippen LogP contribution in [0.1, 0.15) is 71.1 Å². The Labute approximate surface area is 126 Å². The number of carboxylic acid groups (broad SMARTS) is 1. The van der Waals surface area contributed by atoms with E-state index in [-0.39, 0.29) is 12.8 Å². The molecule has 1 amide bonds. The summed E-state index contributed by atoms with van der Waals surface area (Å²) in [5.74, 6) is -1.57. The standard InChI is InChI=1S/C10H22O3.C4H7NO3/c1-2-3-4-5-6-7-8-9-10-12-13-11;5-3(6)1-2-4(7)8/h11H,2-10H2,1H3;1-2H2,(H2,5,6)(H,7,8). The van der Waals surface area contributed by atoms with Crippen LogP contribution in [0.5, 0.6) is 0 Å². The third kappa shape index (κ3) is 27.9. The molecule has 0 aliphatic carbocycles. The highest BCUT2D eigenvalue weighted by atomic mass is 17.5. The van der Waals surface area contributed by atoms with Crippen molar-refractivity contribution in [2.24, 2.45) is 5.73 Å². The number of nitrogens with two attached hydrogens (primary N) is 1. The van der Waals surface area contributed by atoms with E-state index in [0.717, 1.165) is 12.8 Å². The molecule has 0 atom stereocenters. The van der Waals surface area contributed by atoms with E-state index in [4.69, 9.17) is 10.4 Å². The van der Waals surface area contributed by atoms with Crippen molar-refractivity contribution in [1.82, 2.24) is 0 Å². The molecule has 0 saturated heterocycles. The lowest BCUT2D eigenvalue weighted by molar-refractivity contribution is -0.490. The highest BCUT2D eigenvalue weighted by molar-refractivity contribution is 5.79. The van der Waals surface area contributed by atoms with Crippen LogP contribution in [0.2, 0.25) is 0 Å². The SMILES string of the molecule is CCCCCCCCCCOOO.NC(=O)CCC(=O)O. The van der Waals surface area contributed by atoms with Crippen LogP contribution in [0.4, 0.5) is 0 Å². The first-order valence-electron chi connectivity index (χ1n) is 7.47. The largest absolute Gasteiger partial charge is 0.481 e. The lowest BCUT2D eigenvalue weighted by atomic mass is 10.1. The summed E-state index contributed by atoms with van der Waals surface area (Å²) in [7, 11) is 0. The molecule has 0 unspecified atom stereocenters. The van der Waals surface area contributed by atoms with Crippen LogP contribution in [-0.2, 0) is 19.5 Å². The number of hydrogen-bond acceptors (Lipinski definition) is 5. The zero-order valence-electron chi connectivity index (χ0n) is 12.9. The molecule has 0 aromatic rings. The molecule has 0 radical (unpaired) electrons. The first kappa shape index (κ1) is 22.1. The first-order valence-corrected chi connectivity index (χ1v) is 7.47. The van der Waals surface area contributed by atoms with E-state index >= 15 is 0 Å². The molecule has 0 fully saturated rings. The van der Waals surface area contributed by atoms with E-state index in [9.17, 15) is 9.59 Å². The van der Waals surface area contributed by atoms with Gasteiger partial charge in [0.05, 0.1) is 13.0 Å². The molecule has 0 saturated carbocycles. The maximum Gasteiger partial charge on any atom is 0.303 e. The van der Waals surface area contributed by atoms with Gasteiger partial charge >= 0.3 is 5.97 Å². The summed E-state index contributed by atoms with van der Waals surface area (Å²) < 4.78 is 0. The van der Waals surface area contributed by atoms with Gasteiger partial charge in [-0.25, -0.2) is 10.1 Å². The second kappa shape index (κ2) is 18.8. The zero-order chi connectivity index (χ0) is 16.3. The lowest BCUT2D eigenvalue weighted by Gasteiger charge is -2.00. The van der Waals surface area contributed by atoms with Gasteiger partial charge in [-0.3, -0.25) is 9.59 Å².